The highest BCUT2D eigenvalue weighted by atomic mass is 16.5. The molecule has 0 amide bonds. The minimum atomic E-state index is -0.103. The molecule has 4 heteroatoms. The second-order valence-electron chi connectivity index (χ2n) is 4.90. The van der Waals surface area contributed by atoms with Gasteiger partial charge in [-0.1, -0.05) is 6.92 Å². The van der Waals surface area contributed by atoms with Crippen molar-refractivity contribution in [2.45, 2.75) is 39.7 Å². The fourth-order valence-electron chi connectivity index (χ4n) is 2.19. The van der Waals surface area contributed by atoms with Gasteiger partial charge in [-0.3, -0.25) is 9.69 Å². The van der Waals surface area contributed by atoms with Crippen LogP contribution in [0.4, 0.5) is 0 Å². The average Bonchev–Trinajstić information content (AvgIpc) is 2.82. The summed E-state index contributed by atoms with van der Waals surface area (Å²) in [6, 6.07) is 0.562. The molecule has 2 atom stereocenters. The van der Waals surface area contributed by atoms with Crippen LogP contribution in [0.3, 0.4) is 0 Å². The van der Waals surface area contributed by atoms with E-state index in [2.05, 4.69) is 17.1 Å². The van der Waals surface area contributed by atoms with Gasteiger partial charge in [-0.15, -0.1) is 0 Å². The summed E-state index contributed by atoms with van der Waals surface area (Å²) >= 11 is 0. The van der Waals surface area contributed by atoms with E-state index in [9.17, 15) is 4.79 Å². The topological polar surface area (TPSA) is 41.6 Å². The summed E-state index contributed by atoms with van der Waals surface area (Å²) in [5.41, 5.74) is 0. The largest absolute Gasteiger partial charge is 0.466 e. The van der Waals surface area contributed by atoms with Crippen molar-refractivity contribution < 1.29 is 9.53 Å². The molecule has 1 aliphatic rings. The molecule has 1 fully saturated rings. The number of likely N-dealkylation sites (tertiary alicyclic amines) is 1. The number of hydrogen-bond acceptors (Lipinski definition) is 4. The predicted molar refractivity (Wildman–Crippen MR) is 68.9 cm³/mol. The van der Waals surface area contributed by atoms with Gasteiger partial charge in [-0.25, -0.2) is 0 Å². The Morgan fingerprint density at radius 2 is 1.94 bits per heavy atom. The predicted octanol–water partition coefficient (Wildman–Crippen LogP) is 1.26. The summed E-state index contributed by atoms with van der Waals surface area (Å²) < 4.78 is 4.97. The van der Waals surface area contributed by atoms with E-state index in [1.165, 1.54) is 25.9 Å². The van der Waals surface area contributed by atoms with Gasteiger partial charge >= 0.3 is 5.97 Å². The lowest BCUT2D eigenvalue weighted by atomic mass is 10.2. The second kappa shape index (κ2) is 7.67. The molecule has 0 radical (unpaired) electrons. The molecule has 0 aromatic rings. The lowest BCUT2D eigenvalue weighted by Crippen LogP contribution is -2.40. The zero-order chi connectivity index (χ0) is 12.7. The van der Waals surface area contributed by atoms with Crippen LogP contribution >= 0.6 is 0 Å². The minimum absolute atomic E-state index is 0.0549. The van der Waals surface area contributed by atoms with Gasteiger partial charge in [0.2, 0.25) is 0 Å². The molecule has 4 nitrogen and oxygen atoms in total. The molecule has 0 aromatic carbocycles. The Morgan fingerprint density at radius 1 is 1.29 bits per heavy atom. The Bertz CT molecular complexity index is 227. The number of carbonyl (C=O) groups is 1. The van der Waals surface area contributed by atoms with E-state index >= 15 is 0 Å². The Balaban J connectivity index is 2.11. The van der Waals surface area contributed by atoms with E-state index in [4.69, 9.17) is 4.74 Å². The monoisotopic (exact) mass is 242 g/mol. The van der Waals surface area contributed by atoms with Gasteiger partial charge < -0.3 is 10.1 Å². The summed E-state index contributed by atoms with van der Waals surface area (Å²) in [6.07, 6.45) is 2.65. The van der Waals surface area contributed by atoms with Crippen LogP contribution < -0.4 is 5.32 Å². The second-order valence-corrected chi connectivity index (χ2v) is 4.90. The van der Waals surface area contributed by atoms with Gasteiger partial charge in [0.1, 0.15) is 0 Å². The maximum absolute atomic E-state index is 11.4. The van der Waals surface area contributed by atoms with E-state index in [0.717, 1.165) is 6.54 Å². The maximum atomic E-state index is 11.4. The molecular formula is C13H26N2O2. The Hall–Kier alpha value is -0.610. The first-order chi connectivity index (χ1) is 8.15. The Labute approximate surface area is 105 Å². The number of esters is 1. The SMILES string of the molecule is CCOC(=O)C(C)CNCC(C)N1CCCC1. The number of ether oxygens (including phenoxy) is 1. The van der Waals surface area contributed by atoms with Crippen LogP contribution in [0, 0.1) is 5.92 Å². The van der Waals surface area contributed by atoms with Crippen molar-refractivity contribution in [2.75, 3.05) is 32.8 Å². The van der Waals surface area contributed by atoms with Crippen LogP contribution in [-0.2, 0) is 9.53 Å². The van der Waals surface area contributed by atoms with Crippen LogP contribution in [0.25, 0.3) is 0 Å². The van der Waals surface area contributed by atoms with Crippen LogP contribution in [0.2, 0.25) is 0 Å². The van der Waals surface area contributed by atoms with E-state index in [-0.39, 0.29) is 11.9 Å². The van der Waals surface area contributed by atoms with Crippen LogP contribution in [0.5, 0.6) is 0 Å². The fraction of sp³-hybridized carbons (Fsp3) is 0.923. The molecule has 17 heavy (non-hydrogen) atoms. The molecule has 1 N–H and O–H groups in total. The highest BCUT2D eigenvalue weighted by Gasteiger charge is 2.18. The van der Waals surface area contributed by atoms with E-state index in [0.29, 0.717) is 19.2 Å². The van der Waals surface area contributed by atoms with Crippen molar-refractivity contribution in [3.05, 3.63) is 0 Å². The number of carbonyl (C=O) groups excluding carboxylic acids is 1. The normalized spacial score (nSPS) is 20.2. The quantitative estimate of drug-likeness (QED) is 0.682. The molecule has 0 bridgehead atoms. The summed E-state index contributed by atoms with van der Waals surface area (Å²) in [5, 5.41) is 3.36. The number of nitrogens with zero attached hydrogens (tertiary/aromatic N) is 1. The fourth-order valence-corrected chi connectivity index (χ4v) is 2.19. The average molecular weight is 242 g/mol. The zero-order valence-electron chi connectivity index (χ0n) is 11.4. The van der Waals surface area contributed by atoms with Gasteiger partial charge in [0.05, 0.1) is 12.5 Å². The third-order valence-electron chi connectivity index (χ3n) is 3.34. The molecule has 0 aromatic heterocycles. The molecule has 100 valence electrons. The third-order valence-corrected chi connectivity index (χ3v) is 3.34. The molecule has 1 rings (SSSR count). The van der Waals surface area contributed by atoms with Crippen molar-refractivity contribution in [1.82, 2.24) is 10.2 Å². The summed E-state index contributed by atoms with van der Waals surface area (Å²) in [7, 11) is 0. The lowest BCUT2D eigenvalue weighted by molar-refractivity contribution is -0.147. The van der Waals surface area contributed by atoms with Crippen molar-refractivity contribution in [1.29, 1.82) is 0 Å². The van der Waals surface area contributed by atoms with Crippen molar-refractivity contribution in [2.24, 2.45) is 5.92 Å². The molecule has 1 aliphatic heterocycles. The van der Waals surface area contributed by atoms with Crippen molar-refractivity contribution in [3.8, 4) is 0 Å². The minimum Gasteiger partial charge on any atom is -0.466 e. The van der Waals surface area contributed by atoms with Gasteiger partial charge in [-0.05, 0) is 39.8 Å². The third kappa shape index (κ3) is 5.04. The van der Waals surface area contributed by atoms with E-state index in [1.54, 1.807) is 0 Å². The summed E-state index contributed by atoms with van der Waals surface area (Å²) in [4.78, 5) is 13.9. The first kappa shape index (κ1) is 14.5. The molecule has 0 saturated carbocycles. The first-order valence-electron chi connectivity index (χ1n) is 6.76. The number of rotatable bonds is 7. The van der Waals surface area contributed by atoms with E-state index < -0.39 is 0 Å². The molecular weight excluding hydrogens is 216 g/mol. The number of nitrogens with one attached hydrogen (secondary N) is 1. The molecule has 1 saturated heterocycles. The zero-order valence-corrected chi connectivity index (χ0v) is 11.4. The van der Waals surface area contributed by atoms with Gasteiger partial charge in [-0.2, -0.15) is 0 Å². The first-order valence-corrected chi connectivity index (χ1v) is 6.76. The van der Waals surface area contributed by atoms with E-state index in [1.807, 2.05) is 13.8 Å². The molecule has 1 heterocycles. The highest BCUT2D eigenvalue weighted by molar-refractivity contribution is 5.72. The Kier molecular flexibility index (Phi) is 6.52. The smallest absolute Gasteiger partial charge is 0.309 e. The van der Waals surface area contributed by atoms with Crippen molar-refractivity contribution in [3.63, 3.8) is 0 Å². The van der Waals surface area contributed by atoms with Crippen LogP contribution in [0.15, 0.2) is 0 Å². The van der Waals surface area contributed by atoms with Gasteiger partial charge in [0, 0.05) is 19.1 Å². The highest BCUT2D eigenvalue weighted by Crippen LogP contribution is 2.10. The molecule has 0 spiro atoms. The Morgan fingerprint density at radius 3 is 2.53 bits per heavy atom. The van der Waals surface area contributed by atoms with Crippen molar-refractivity contribution >= 4 is 5.97 Å². The number of hydrogen-bond donors (Lipinski definition) is 1. The lowest BCUT2D eigenvalue weighted by Gasteiger charge is -2.24. The van der Waals surface area contributed by atoms with Gasteiger partial charge in [0.25, 0.3) is 0 Å². The molecule has 0 aliphatic carbocycles. The maximum Gasteiger partial charge on any atom is 0.309 e. The summed E-state index contributed by atoms with van der Waals surface area (Å²) in [6.45, 7) is 10.5. The summed E-state index contributed by atoms with van der Waals surface area (Å²) in [5.74, 6) is -0.158. The molecule has 2 unspecified atom stereocenters. The van der Waals surface area contributed by atoms with Gasteiger partial charge in [0.15, 0.2) is 0 Å². The van der Waals surface area contributed by atoms with Crippen LogP contribution in [-0.4, -0.2) is 49.7 Å². The standard InChI is InChI=1S/C13H26N2O2/c1-4-17-13(16)11(2)9-14-10-12(3)15-7-5-6-8-15/h11-12,14H,4-10H2,1-3H3. The van der Waals surface area contributed by atoms with Crippen LogP contribution in [0.1, 0.15) is 33.6 Å².